The molecule has 2 nitrogen and oxygen atoms in total. The Kier molecular flexibility index (Phi) is 4.40. The van der Waals surface area contributed by atoms with Gasteiger partial charge in [-0.25, -0.2) is 0 Å². The van der Waals surface area contributed by atoms with Crippen molar-refractivity contribution in [3.05, 3.63) is 0 Å². The zero-order valence-corrected chi connectivity index (χ0v) is 8.52. The van der Waals surface area contributed by atoms with E-state index in [9.17, 15) is 5.11 Å². The summed E-state index contributed by atoms with van der Waals surface area (Å²) in [7, 11) is 0. The molecule has 3 unspecified atom stereocenters. The Balaban J connectivity index is 2.13. The molecule has 1 aliphatic rings. The van der Waals surface area contributed by atoms with Crippen LogP contribution in [0.25, 0.3) is 0 Å². The minimum Gasteiger partial charge on any atom is -0.392 e. The van der Waals surface area contributed by atoms with Crippen molar-refractivity contribution < 1.29 is 5.11 Å². The lowest BCUT2D eigenvalue weighted by molar-refractivity contribution is 0.188. The van der Waals surface area contributed by atoms with Crippen molar-refractivity contribution in [3.8, 4) is 0 Å². The SMILES string of the molecule is CCC(N)CSC1CCCC1O. The summed E-state index contributed by atoms with van der Waals surface area (Å²) in [6.45, 7) is 2.11. The van der Waals surface area contributed by atoms with E-state index >= 15 is 0 Å². The monoisotopic (exact) mass is 189 g/mol. The first-order valence-electron chi connectivity index (χ1n) is 4.79. The Bertz CT molecular complexity index is 132. The summed E-state index contributed by atoms with van der Waals surface area (Å²) in [5.74, 6) is 0.998. The topological polar surface area (TPSA) is 46.2 Å². The van der Waals surface area contributed by atoms with Crippen LogP contribution in [0.5, 0.6) is 0 Å². The van der Waals surface area contributed by atoms with Gasteiger partial charge in [-0.05, 0) is 25.7 Å². The maximum Gasteiger partial charge on any atom is 0.0658 e. The summed E-state index contributed by atoms with van der Waals surface area (Å²) in [5, 5.41) is 9.97. The molecule has 72 valence electrons. The molecule has 0 heterocycles. The first-order valence-corrected chi connectivity index (χ1v) is 5.84. The molecule has 1 aliphatic carbocycles. The van der Waals surface area contributed by atoms with E-state index in [1.807, 2.05) is 11.8 Å². The van der Waals surface area contributed by atoms with E-state index in [4.69, 9.17) is 5.73 Å². The highest BCUT2D eigenvalue weighted by atomic mass is 32.2. The number of hydrogen-bond donors (Lipinski definition) is 2. The highest BCUT2D eigenvalue weighted by molar-refractivity contribution is 8.00. The summed E-state index contributed by atoms with van der Waals surface area (Å²) in [4.78, 5) is 0. The fourth-order valence-electron chi connectivity index (χ4n) is 1.47. The smallest absolute Gasteiger partial charge is 0.0658 e. The molecular weight excluding hydrogens is 170 g/mol. The molecule has 3 N–H and O–H groups in total. The minimum atomic E-state index is -0.0703. The first kappa shape index (κ1) is 10.4. The molecule has 1 saturated carbocycles. The number of nitrogens with two attached hydrogens (primary N) is 1. The zero-order valence-electron chi connectivity index (χ0n) is 7.70. The van der Waals surface area contributed by atoms with Crippen LogP contribution < -0.4 is 5.73 Å². The molecule has 0 spiro atoms. The van der Waals surface area contributed by atoms with Gasteiger partial charge in [0.2, 0.25) is 0 Å². The third kappa shape index (κ3) is 2.96. The highest BCUT2D eigenvalue weighted by Crippen LogP contribution is 2.30. The van der Waals surface area contributed by atoms with E-state index in [0.717, 1.165) is 18.6 Å². The molecule has 0 amide bonds. The van der Waals surface area contributed by atoms with Crippen molar-refractivity contribution >= 4 is 11.8 Å². The lowest BCUT2D eigenvalue weighted by atomic mass is 10.3. The number of aliphatic hydroxyl groups is 1. The molecule has 3 atom stereocenters. The van der Waals surface area contributed by atoms with Crippen LogP contribution in [0, 0.1) is 0 Å². The Morgan fingerprint density at radius 2 is 2.33 bits per heavy atom. The van der Waals surface area contributed by atoms with E-state index in [-0.39, 0.29) is 6.10 Å². The predicted octanol–water partition coefficient (Wildman–Crippen LogP) is 1.37. The largest absolute Gasteiger partial charge is 0.392 e. The van der Waals surface area contributed by atoms with Gasteiger partial charge in [-0.1, -0.05) is 6.92 Å². The quantitative estimate of drug-likeness (QED) is 0.702. The molecule has 0 radical (unpaired) electrons. The van der Waals surface area contributed by atoms with Gasteiger partial charge in [0.1, 0.15) is 0 Å². The van der Waals surface area contributed by atoms with Crippen LogP contribution in [-0.2, 0) is 0 Å². The second-order valence-electron chi connectivity index (χ2n) is 3.54. The fraction of sp³-hybridized carbons (Fsp3) is 1.00. The van der Waals surface area contributed by atoms with Crippen molar-refractivity contribution in [1.29, 1.82) is 0 Å². The van der Waals surface area contributed by atoms with Crippen LogP contribution in [0.2, 0.25) is 0 Å². The van der Waals surface area contributed by atoms with Gasteiger partial charge in [0.05, 0.1) is 6.10 Å². The van der Waals surface area contributed by atoms with E-state index in [2.05, 4.69) is 6.92 Å². The normalized spacial score (nSPS) is 32.2. The zero-order chi connectivity index (χ0) is 8.97. The molecule has 0 aromatic heterocycles. The average molecular weight is 189 g/mol. The molecule has 1 fully saturated rings. The molecule has 0 aromatic rings. The fourth-order valence-corrected chi connectivity index (χ4v) is 2.89. The third-order valence-corrected chi connectivity index (χ3v) is 4.07. The molecule has 0 bridgehead atoms. The Morgan fingerprint density at radius 1 is 1.58 bits per heavy atom. The Hall–Kier alpha value is 0.270. The molecule has 0 saturated heterocycles. The number of rotatable bonds is 4. The molecule has 1 rings (SSSR count). The Labute approximate surface area is 78.9 Å². The maximum atomic E-state index is 9.51. The molecule has 0 aromatic carbocycles. The molecule has 3 heteroatoms. The summed E-state index contributed by atoms with van der Waals surface area (Å²) in [6, 6.07) is 0.308. The van der Waals surface area contributed by atoms with Gasteiger partial charge in [-0.15, -0.1) is 0 Å². The Morgan fingerprint density at radius 3 is 2.83 bits per heavy atom. The highest BCUT2D eigenvalue weighted by Gasteiger charge is 2.25. The molecular formula is C9H19NOS. The van der Waals surface area contributed by atoms with E-state index in [1.165, 1.54) is 12.8 Å². The summed E-state index contributed by atoms with van der Waals surface area (Å²) in [6.07, 6.45) is 4.30. The number of aliphatic hydroxyl groups excluding tert-OH is 1. The van der Waals surface area contributed by atoms with Crippen molar-refractivity contribution in [2.24, 2.45) is 5.73 Å². The van der Waals surface area contributed by atoms with Gasteiger partial charge in [0.25, 0.3) is 0 Å². The average Bonchev–Trinajstić information content (AvgIpc) is 2.47. The van der Waals surface area contributed by atoms with E-state index in [0.29, 0.717) is 11.3 Å². The van der Waals surface area contributed by atoms with Crippen LogP contribution in [0.15, 0.2) is 0 Å². The summed E-state index contributed by atoms with van der Waals surface area (Å²) in [5.41, 5.74) is 5.79. The van der Waals surface area contributed by atoms with Gasteiger partial charge < -0.3 is 10.8 Å². The first-order chi connectivity index (χ1) is 5.74. The molecule has 0 aliphatic heterocycles. The van der Waals surface area contributed by atoms with Gasteiger partial charge in [-0.3, -0.25) is 0 Å². The summed E-state index contributed by atoms with van der Waals surface area (Å²) < 4.78 is 0. The minimum absolute atomic E-state index is 0.0703. The standard InChI is InChI=1S/C9H19NOS/c1-2-7(10)6-12-9-5-3-4-8(9)11/h7-9,11H,2-6,10H2,1H3. The van der Waals surface area contributed by atoms with Crippen molar-refractivity contribution in [1.82, 2.24) is 0 Å². The van der Waals surface area contributed by atoms with Gasteiger partial charge >= 0.3 is 0 Å². The van der Waals surface area contributed by atoms with Crippen LogP contribution in [0.1, 0.15) is 32.6 Å². The van der Waals surface area contributed by atoms with Crippen molar-refractivity contribution in [2.45, 2.75) is 50.0 Å². The molecule has 12 heavy (non-hydrogen) atoms. The predicted molar refractivity (Wildman–Crippen MR) is 54.4 cm³/mol. The van der Waals surface area contributed by atoms with Crippen LogP contribution >= 0.6 is 11.8 Å². The lowest BCUT2D eigenvalue weighted by Crippen LogP contribution is -2.25. The van der Waals surface area contributed by atoms with Crippen molar-refractivity contribution in [3.63, 3.8) is 0 Å². The number of thioether (sulfide) groups is 1. The second-order valence-corrected chi connectivity index (χ2v) is 4.81. The lowest BCUT2D eigenvalue weighted by Gasteiger charge is -2.16. The third-order valence-electron chi connectivity index (χ3n) is 2.47. The maximum absolute atomic E-state index is 9.51. The van der Waals surface area contributed by atoms with Crippen LogP contribution in [0.3, 0.4) is 0 Å². The summed E-state index contributed by atoms with van der Waals surface area (Å²) >= 11 is 1.85. The van der Waals surface area contributed by atoms with Gasteiger partial charge in [-0.2, -0.15) is 11.8 Å². The van der Waals surface area contributed by atoms with Gasteiger partial charge in [0.15, 0.2) is 0 Å². The number of hydrogen-bond acceptors (Lipinski definition) is 3. The van der Waals surface area contributed by atoms with E-state index in [1.54, 1.807) is 0 Å². The van der Waals surface area contributed by atoms with Crippen LogP contribution in [-0.4, -0.2) is 28.3 Å². The van der Waals surface area contributed by atoms with Crippen molar-refractivity contribution in [2.75, 3.05) is 5.75 Å². The second kappa shape index (κ2) is 5.10. The van der Waals surface area contributed by atoms with Crippen LogP contribution in [0.4, 0.5) is 0 Å². The van der Waals surface area contributed by atoms with E-state index < -0.39 is 0 Å². The van der Waals surface area contributed by atoms with Gasteiger partial charge in [0, 0.05) is 17.0 Å².